The maximum absolute atomic E-state index is 12.1. The van der Waals surface area contributed by atoms with E-state index in [1.807, 2.05) is 0 Å². The highest BCUT2D eigenvalue weighted by atomic mass is 32.2. The van der Waals surface area contributed by atoms with Gasteiger partial charge in [0.1, 0.15) is 0 Å². The van der Waals surface area contributed by atoms with Crippen LogP contribution in [0.2, 0.25) is 0 Å². The number of halogens is 3. The first-order valence-electron chi connectivity index (χ1n) is 6.16. The molecule has 106 valence electrons. The number of nitrogens with one attached hydrogen (secondary N) is 1. The number of thioether (sulfide) groups is 1. The molecule has 0 aromatic heterocycles. The van der Waals surface area contributed by atoms with E-state index in [1.54, 1.807) is 12.1 Å². The third-order valence-electron chi connectivity index (χ3n) is 3.13. The maximum Gasteiger partial charge on any atom is 0.446 e. The summed E-state index contributed by atoms with van der Waals surface area (Å²) in [5.41, 5.74) is -3.27. The molecule has 0 atom stereocenters. The van der Waals surface area contributed by atoms with Crippen molar-refractivity contribution in [3.63, 3.8) is 0 Å². The fraction of sp³-hybridized carbons (Fsp3) is 0.538. The Kier molecular flexibility index (Phi) is 4.76. The van der Waals surface area contributed by atoms with Crippen LogP contribution in [0.5, 0.6) is 0 Å². The number of aliphatic hydroxyl groups is 1. The van der Waals surface area contributed by atoms with Crippen LogP contribution in [0.4, 0.5) is 13.2 Å². The lowest BCUT2D eigenvalue weighted by Gasteiger charge is -2.31. The monoisotopic (exact) mass is 291 g/mol. The predicted octanol–water partition coefficient (Wildman–Crippen LogP) is 3.16. The van der Waals surface area contributed by atoms with Crippen LogP contribution in [-0.4, -0.2) is 23.3 Å². The fourth-order valence-corrected chi connectivity index (χ4v) is 2.64. The van der Waals surface area contributed by atoms with Gasteiger partial charge in [0.15, 0.2) is 0 Å². The van der Waals surface area contributed by atoms with Crippen LogP contribution >= 0.6 is 11.8 Å². The number of hydrogen-bond donors (Lipinski definition) is 2. The molecule has 6 heteroatoms. The van der Waals surface area contributed by atoms with Gasteiger partial charge in [0.25, 0.3) is 0 Å². The molecule has 1 aromatic rings. The van der Waals surface area contributed by atoms with Crippen LogP contribution in [0.25, 0.3) is 0 Å². The van der Waals surface area contributed by atoms with Gasteiger partial charge in [0.2, 0.25) is 0 Å². The molecule has 0 amide bonds. The summed E-state index contributed by atoms with van der Waals surface area (Å²) in [6.07, 6.45) is 1.54. The van der Waals surface area contributed by atoms with Gasteiger partial charge in [0, 0.05) is 11.4 Å². The average molecular weight is 291 g/mol. The molecule has 0 bridgehead atoms. The Hall–Kier alpha value is -0.720. The molecule has 1 aromatic carbocycles. The molecular weight excluding hydrogens is 275 g/mol. The van der Waals surface area contributed by atoms with E-state index in [0.717, 1.165) is 24.9 Å². The van der Waals surface area contributed by atoms with E-state index in [0.29, 0.717) is 12.5 Å². The second kappa shape index (κ2) is 6.15. The highest BCUT2D eigenvalue weighted by molar-refractivity contribution is 8.00. The minimum Gasteiger partial charge on any atom is -0.393 e. The molecule has 0 saturated heterocycles. The van der Waals surface area contributed by atoms with Gasteiger partial charge in [0.05, 0.1) is 6.10 Å². The van der Waals surface area contributed by atoms with Crippen LogP contribution in [-0.2, 0) is 6.54 Å². The molecular formula is C13H16F3NOS. The summed E-state index contributed by atoms with van der Waals surface area (Å²) in [7, 11) is 0. The molecule has 0 spiro atoms. The Balaban J connectivity index is 1.72. The molecule has 0 unspecified atom stereocenters. The SMILES string of the molecule is OC1CC(CNCc2ccc(SC(F)(F)F)cc2)C1. The van der Waals surface area contributed by atoms with Crippen molar-refractivity contribution in [1.82, 2.24) is 5.32 Å². The Bertz CT molecular complexity index is 401. The molecule has 0 heterocycles. The van der Waals surface area contributed by atoms with E-state index >= 15 is 0 Å². The number of aliphatic hydroxyl groups excluding tert-OH is 1. The van der Waals surface area contributed by atoms with E-state index in [4.69, 9.17) is 5.11 Å². The van der Waals surface area contributed by atoms with Crippen molar-refractivity contribution in [2.75, 3.05) is 6.54 Å². The standard InChI is InChI=1S/C13H16F3NOS/c14-13(15,16)19-12-3-1-9(2-4-12)7-17-8-10-5-11(18)6-10/h1-4,10-11,17-18H,5-8H2. The van der Waals surface area contributed by atoms with Crippen LogP contribution < -0.4 is 5.32 Å². The second-order valence-corrected chi connectivity index (χ2v) is 5.95. The first-order chi connectivity index (χ1) is 8.92. The normalized spacial score (nSPS) is 23.2. The number of hydrogen-bond acceptors (Lipinski definition) is 3. The Labute approximate surface area is 114 Å². The Morgan fingerprint density at radius 1 is 1.21 bits per heavy atom. The zero-order chi connectivity index (χ0) is 13.9. The van der Waals surface area contributed by atoms with E-state index in [2.05, 4.69) is 5.32 Å². The van der Waals surface area contributed by atoms with Crippen LogP contribution in [0, 0.1) is 5.92 Å². The topological polar surface area (TPSA) is 32.3 Å². The Morgan fingerprint density at radius 3 is 2.37 bits per heavy atom. The minimum absolute atomic E-state index is 0.0970. The van der Waals surface area contributed by atoms with E-state index in [9.17, 15) is 13.2 Å². The molecule has 0 radical (unpaired) electrons. The average Bonchev–Trinajstić information content (AvgIpc) is 2.27. The zero-order valence-corrected chi connectivity index (χ0v) is 11.1. The third kappa shape index (κ3) is 5.04. The summed E-state index contributed by atoms with van der Waals surface area (Å²) < 4.78 is 36.4. The fourth-order valence-electron chi connectivity index (χ4n) is 2.10. The van der Waals surface area contributed by atoms with Gasteiger partial charge < -0.3 is 10.4 Å². The number of alkyl halides is 3. The summed E-state index contributed by atoms with van der Waals surface area (Å²) in [4.78, 5) is 0.207. The summed E-state index contributed by atoms with van der Waals surface area (Å²) in [5.74, 6) is 0.523. The van der Waals surface area contributed by atoms with Crippen LogP contribution in [0.1, 0.15) is 18.4 Å². The molecule has 2 rings (SSSR count). The largest absolute Gasteiger partial charge is 0.446 e. The van der Waals surface area contributed by atoms with Gasteiger partial charge in [-0.2, -0.15) is 13.2 Å². The molecule has 2 N–H and O–H groups in total. The van der Waals surface area contributed by atoms with Gasteiger partial charge >= 0.3 is 5.51 Å². The highest BCUT2D eigenvalue weighted by Crippen LogP contribution is 2.36. The van der Waals surface area contributed by atoms with Gasteiger partial charge in [-0.3, -0.25) is 0 Å². The van der Waals surface area contributed by atoms with E-state index < -0.39 is 5.51 Å². The van der Waals surface area contributed by atoms with Gasteiger partial charge in [-0.15, -0.1) is 0 Å². The van der Waals surface area contributed by atoms with Gasteiger partial charge in [-0.1, -0.05) is 12.1 Å². The molecule has 19 heavy (non-hydrogen) atoms. The molecule has 1 saturated carbocycles. The highest BCUT2D eigenvalue weighted by Gasteiger charge is 2.29. The number of benzene rings is 1. The van der Waals surface area contributed by atoms with E-state index in [1.165, 1.54) is 12.1 Å². The van der Waals surface area contributed by atoms with Crippen molar-refractivity contribution < 1.29 is 18.3 Å². The molecule has 1 aliphatic carbocycles. The minimum atomic E-state index is -4.23. The maximum atomic E-state index is 12.1. The summed E-state index contributed by atoms with van der Waals surface area (Å²) in [5, 5.41) is 12.4. The van der Waals surface area contributed by atoms with Gasteiger partial charge in [-0.25, -0.2) is 0 Å². The third-order valence-corrected chi connectivity index (χ3v) is 3.87. The Morgan fingerprint density at radius 2 is 1.84 bits per heavy atom. The molecule has 0 aliphatic heterocycles. The molecule has 2 nitrogen and oxygen atoms in total. The van der Waals surface area contributed by atoms with Crippen LogP contribution in [0.15, 0.2) is 29.2 Å². The molecule has 1 aliphatic rings. The lowest BCUT2D eigenvalue weighted by molar-refractivity contribution is -0.0328. The van der Waals surface area contributed by atoms with Crippen molar-refractivity contribution in [2.45, 2.75) is 35.9 Å². The predicted molar refractivity (Wildman–Crippen MR) is 68.8 cm³/mol. The quantitative estimate of drug-likeness (QED) is 0.817. The van der Waals surface area contributed by atoms with Crippen molar-refractivity contribution in [3.05, 3.63) is 29.8 Å². The smallest absolute Gasteiger partial charge is 0.393 e. The summed E-state index contributed by atoms with van der Waals surface area (Å²) >= 11 is -0.0970. The zero-order valence-electron chi connectivity index (χ0n) is 10.3. The van der Waals surface area contributed by atoms with Crippen molar-refractivity contribution in [3.8, 4) is 0 Å². The summed E-state index contributed by atoms with van der Waals surface area (Å²) in [6, 6.07) is 6.39. The van der Waals surface area contributed by atoms with Crippen molar-refractivity contribution in [1.29, 1.82) is 0 Å². The first kappa shape index (κ1) is 14.7. The lowest BCUT2D eigenvalue weighted by Crippen LogP contribution is -2.35. The van der Waals surface area contributed by atoms with Crippen molar-refractivity contribution in [2.24, 2.45) is 5.92 Å². The second-order valence-electron chi connectivity index (χ2n) is 4.81. The van der Waals surface area contributed by atoms with Crippen molar-refractivity contribution >= 4 is 11.8 Å². The number of rotatable bonds is 5. The van der Waals surface area contributed by atoms with Crippen LogP contribution in [0.3, 0.4) is 0 Å². The van der Waals surface area contributed by atoms with E-state index in [-0.39, 0.29) is 22.8 Å². The summed E-state index contributed by atoms with van der Waals surface area (Å²) in [6.45, 7) is 1.49. The van der Waals surface area contributed by atoms with Gasteiger partial charge in [-0.05, 0) is 54.8 Å². The first-order valence-corrected chi connectivity index (χ1v) is 6.97. The molecule has 1 fully saturated rings. The lowest BCUT2D eigenvalue weighted by atomic mass is 9.82.